The van der Waals surface area contributed by atoms with Crippen LogP contribution >= 0.6 is 34.4 Å². The normalized spacial score (nSPS) is 12.1. The Balaban J connectivity index is 1.77. The number of nitrogens with zero attached hydrogens (tertiary/aromatic N) is 3. The van der Waals surface area contributed by atoms with Gasteiger partial charge >= 0.3 is 0 Å². The maximum absolute atomic E-state index is 4.78. The van der Waals surface area contributed by atoms with Crippen LogP contribution in [0.15, 0.2) is 92.5 Å². The third-order valence-electron chi connectivity index (χ3n) is 3.88. The minimum absolute atomic E-state index is 0.849. The summed E-state index contributed by atoms with van der Waals surface area (Å²) in [5, 5.41) is 8.94. The number of benzene rings is 2. The van der Waals surface area contributed by atoms with Crippen molar-refractivity contribution in [2.75, 3.05) is 6.26 Å². The first-order chi connectivity index (χ1) is 13.3. The first-order valence-corrected chi connectivity index (χ1v) is 11.3. The highest BCUT2D eigenvalue weighted by Gasteiger charge is 2.08. The van der Waals surface area contributed by atoms with Gasteiger partial charge in [0, 0.05) is 10.3 Å². The molecule has 3 nitrogen and oxygen atoms in total. The van der Waals surface area contributed by atoms with Crippen LogP contribution < -0.4 is 4.80 Å². The largest absolute Gasteiger partial charge is 0.220 e. The van der Waals surface area contributed by atoms with E-state index in [1.54, 1.807) is 34.4 Å². The molecule has 0 unspecified atom stereocenters. The molecule has 0 N–H and O–H groups in total. The summed E-state index contributed by atoms with van der Waals surface area (Å²) in [5.41, 5.74) is 3.04. The predicted molar refractivity (Wildman–Crippen MR) is 119 cm³/mol. The van der Waals surface area contributed by atoms with Crippen molar-refractivity contribution in [3.05, 3.63) is 87.9 Å². The zero-order chi connectivity index (χ0) is 18.5. The number of hydrogen-bond donors (Lipinski definition) is 0. The summed E-state index contributed by atoms with van der Waals surface area (Å²) >= 11 is 5.04. The number of rotatable bonds is 5. The average molecular weight is 408 g/mol. The molecule has 134 valence electrons. The SMILES string of the molecule is CSc1ccc(C=Nn2c(-c3cccs3)csc2=Nc2ccccc2)cc1. The average Bonchev–Trinajstić information content (AvgIpc) is 3.37. The van der Waals surface area contributed by atoms with Gasteiger partial charge < -0.3 is 0 Å². The molecule has 0 aliphatic carbocycles. The second kappa shape index (κ2) is 8.52. The van der Waals surface area contributed by atoms with Crippen molar-refractivity contribution < 1.29 is 0 Å². The van der Waals surface area contributed by atoms with Crippen molar-refractivity contribution in [3.8, 4) is 10.6 Å². The molecule has 4 rings (SSSR count). The Bertz CT molecular complexity index is 1090. The van der Waals surface area contributed by atoms with Crippen molar-refractivity contribution in [1.29, 1.82) is 0 Å². The first kappa shape index (κ1) is 18.0. The van der Waals surface area contributed by atoms with Gasteiger partial charge in [-0.2, -0.15) is 5.10 Å². The van der Waals surface area contributed by atoms with E-state index in [1.165, 1.54) is 9.77 Å². The highest BCUT2D eigenvalue weighted by Crippen LogP contribution is 2.25. The number of thioether (sulfide) groups is 1. The molecule has 0 aliphatic heterocycles. The topological polar surface area (TPSA) is 29.6 Å². The monoisotopic (exact) mass is 407 g/mol. The number of aromatic nitrogens is 1. The molecule has 2 aromatic heterocycles. The van der Waals surface area contributed by atoms with Crippen molar-refractivity contribution in [2.24, 2.45) is 10.1 Å². The second-order valence-electron chi connectivity index (χ2n) is 5.66. The van der Waals surface area contributed by atoms with Gasteiger partial charge in [-0.3, -0.25) is 0 Å². The zero-order valence-corrected chi connectivity index (χ0v) is 17.1. The molecule has 2 aromatic carbocycles. The molecule has 2 heterocycles. The van der Waals surface area contributed by atoms with Gasteiger partial charge in [-0.15, -0.1) is 34.4 Å². The molecule has 0 bridgehead atoms. The van der Waals surface area contributed by atoms with Crippen LogP contribution in [0.3, 0.4) is 0 Å². The lowest BCUT2D eigenvalue weighted by atomic mass is 10.2. The highest BCUT2D eigenvalue weighted by molar-refractivity contribution is 7.98. The standard InChI is InChI=1S/C21H17N3S3/c1-25-18-11-9-16(10-12-18)14-22-24-19(20-8-5-13-26-20)15-27-21(24)23-17-6-3-2-4-7-17/h2-15H,1H3. The van der Waals surface area contributed by atoms with Crippen LogP contribution in [0.4, 0.5) is 5.69 Å². The van der Waals surface area contributed by atoms with Gasteiger partial charge in [0.15, 0.2) is 0 Å². The van der Waals surface area contributed by atoms with Gasteiger partial charge in [-0.05, 0) is 47.5 Å². The molecule has 4 aromatic rings. The molecular formula is C21H17N3S3. The van der Waals surface area contributed by atoms with Gasteiger partial charge in [-0.1, -0.05) is 36.4 Å². The van der Waals surface area contributed by atoms with E-state index >= 15 is 0 Å². The second-order valence-corrected chi connectivity index (χ2v) is 8.32. The lowest BCUT2D eigenvalue weighted by molar-refractivity contribution is 0.856. The minimum Gasteiger partial charge on any atom is -0.220 e. The third kappa shape index (κ3) is 4.30. The van der Waals surface area contributed by atoms with Crippen molar-refractivity contribution in [3.63, 3.8) is 0 Å². The summed E-state index contributed by atoms with van der Waals surface area (Å²) in [4.78, 5) is 8.05. The van der Waals surface area contributed by atoms with Gasteiger partial charge in [0.2, 0.25) is 4.80 Å². The minimum atomic E-state index is 0.849. The Kier molecular flexibility index (Phi) is 5.67. The van der Waals surface area contributed by atoms with Gasteiger partial charge in [0.05, 0.1) is 22.5 Å². The molecule has 0 radical (unpaired) electrons. The molecule has 0 aliphatic rings. The van der Waals surface area contributed by atoms with Gasteiger partial charge in [0.1, 0.15) is 0 Å². The summed E-state index contributed by atoms with van der Waals surface area (Å²) in [6.07, 6.45) is 3.97. The van der Waals surface area contributed by atoms with Crippen LogP contribution in [0.25, 0.3) is 10.6 Å². The molecule has 27 heavy (non-hydrogen) atoms. The summed E-state index contributed by atoms with van der Waals surface area (Å²) in [6.45, 7) is 0. The number of hydrogen-bond acceptors (Lipinski definition) is 5. The van der Waals surface area contributed by atoms with Crippen LogP contribution in [-0.4, -0.2) is 17.1 Å². The van der Waals surface area contributed by atoms with Crippen molar-refractivity contribution >= 4 is 46.3 Å². The van der Waals surface area contributed by atoms with E-state index in [9.17, 15) is 0 Å². The lowest BCUT2D eigenvalue weighted by Crippen LogP contribution is -2.11. The maximum atomic E-state index is 4.78. The molecule has 0 amide bonds. The van der Waals surface area contributed by atoms with E-state index in [-0.39, 0.29) is 0 Å². The lowest BCUT2D eigenvalue weighted by Gasteiger charge is -2.02. The Labute approximate surface area is 170 Å². The highest BCUT2D eigenvalue weighted by atomic mass is 32.2. The first-order valence-electron chi connectivity index (χ1n) is 8.36. The fourth-order valence-electron chi connectivity index (χ4n) is 2.51. The van der Waals surface area contributed by atoms with E-state index in [0.29, 0.717) is 0 Å². The molecule has 0 atom stereocenters. The van der Waals surface area contributed by atoms with Crippen LogP contribution in [0.5, 0.6) is 0 Å². The zero-order valence-electron chi connectivity index (χ0n) is 14.6. The fourth-order valence-corrected chi connectivity index (χ4v) is 4.57. The van der Waals surface area contributed by atoms with E-state index in [4.69, 9.17) is 10.1 Å². The van der Waals surface area contributed by atoms with Gasteiger partial charge in [-0.25, -0.2) is 9.67 Å². The fraction of sp³-hybridized carbons (Fsp3) is 0.0476. The number of para-hydroxylation sites is 1. The van der Waals surface area contributed by atoms with E-state index in [0.717, 1.165) is 21.7 Å². The number of thiazole rings is 1. The van der Waals surface area contributed by atoms with Crippen LogP contribution in [-0.2, 0) is 0 Å². The Hall–Kier alpha value is -2.41. The summed E-state index contributed by atoms with van der Waals surface area (Å²) in [7, 11) is 0. The molecular weight excluding hydrogens is 390 g/mol. The molecule has 0 fully saturated rings. The van der Waals surface area contributed by atoms with E-state index in [1.807, 2.05) is 41.2 Å². The quantitative estimate of drug-likeness (QED) is 0.290. The molecule has 6 heteroatoms. The smallest absolute Gasteiger partial charge is 0.211 e. The Morgan fingerprint density at radius 3 is 2.44 bits per heavy atom. The summed E-state index contributed by atoms with van der Waals surface area (Å²) in [6, 6.07) is 22.5. The van der Waals surface area contributed by atoms with Crippen molar-refractivity contribution in [2.45, 2.75) is 4.90 Å². The number of thiophene rings is 1. The summed E-state index contributed by atoms with van der Waals surface area (Å²) in [5.74, 6) is 0. The van der Waals surface area contributed by atoms with Crippen LogP contribution in [0.1, 0.15) is 5.56 Å². The molecule has 0 saturated heterocycles. The van der Waals surface area contributed by atoms with Crippen LogP contribution in [0, 0.1) is 0 Å². The predicted octanol–water partition coefficient (Wildman–Crippen LogP) is 6.11. The summed E-state index contributed by atoms with van der Waals surface area (Å²) < 4.78 is 1.92. The molecule has 0 spiro atoms. The Morgan fingerprint density at radius 1 is 0.926 bits per heavy atom. The van der Waals surface area contributed by atoms with Crippen molar-refractivity contribution in [1.82, 2.24) is 4.68 Å². The maximum Gasteiger partial charge on any atom is 0.211 e. The van der Waals surface area contributed by atoms with Crippen LogP contribution in [0.2, 0.25) is 0 Å². The van der Waals surface area contributed by atoms with E-state index < -0.39 is 0 Å². The van der Waals surface area contributed by atoms with Gasteiger partial charge in [0.25, 0.3) is 0 Å². The molecule has 0 saturated carbocycles. The third-order valence-corrected chi connectivity index (χ3v) is 6.33. The Morgan fingerprint density at radius 2 is 1.74 bits per heavy atom. The van der Waals surface area contributed by atoms with E-state index in [2.05, 4.69) is 53.4 Å².